The highest BCUT2D eigenvalue weighted by atomic mass is 32.1. The number of thiazole rings is 1. The van der Waals surface area contributed by atoms with Gasteiger partial charge in [0.15, 0.2) is 5.13 Å². The van der Waals surface area contributed by atoms with Gasteiger partial charge in [-0.15, -0.1) is 11.3 Å². The van der Waals surface area contributed by atoms with Gasteiger partial charge in [-0.2, -0.15) is 0 Å². The van der Waals surface area contributed by atoms with Crippen LogP contribution in [-0.2, 0) is 4.74 Å². The van der Waals surface area contributed by atoms with Crippen molar-refractivity contribution in [1.82, 2.24) is 9.88 Å². The Morgan fingerprint density at radius 2 is 2.44 bits per heavy atom. The first-order valence-electron chi connectivity index (χ1n) is 6.38. The van der Waals surface area contributed by atoms with Gasteiger partial charge in [0.25, 0.3) is 0 Å². The SMILES string of the molecule is O=C(Nc1nccs1)N1CCC(OCC2CC2)C1. The van der Waals surface area contributed by atoms with E-state index < -0.39 is 0 Å². The van der Waals surface area contributed by atoms with Crippen molar-refractivity contribution >= 4 is 22.5 Å². The fraction of sp³-hybridized carbons (Fsp3) is 0.667. The number of ether oxygens (including phenoxy) is 1. The first-order chi connectivity index (χ1) is 8.81. The first-order valence-corrected chi connectivity index (χ1v) is 7.26. The summed E-state index contributed by atoms with van der Waals surface area (Å²) in [7, 11) is 0. The van der Waals surface area contributed by atoms with Gasteiger partial charge >= 0.3 is 6.03 Å². The molecule has 1 saturated heterocycles. The molecule has 1 N–H and O–H groups in total. The molecule has 0 bridgehead atoms. The second-order valence-electron chi connectivity index (χ2n) is 4.90. The van der Waals surface area contributed by atoms with E-state index in [0.717, 1.165) is 25.5 Å². The fourth-order valence-electron chi connectivity index (χ4n) is 2.06. The summed E-state index contributed by atoms with van der Waals surface area (Å²) in [4.78, 5) is 17.8. The van der Waals surface area contributed by atoms with Crippen molar-refractivity contribution in [2.75, 3.05) is 25.0 Å². The van der Waals surface area contributed by atoms with Gasteiger partial charge in [-0.3, -0.25) is 5.32 Å². The average molecular weight is 267 g/mol. The largest absolute Gasteiger partial charge is 0.376 e. The number of hydrogen-bond acceptors (Lipinski definition) is 4. The minimum absolute atomic E-state index is 0.0672. The van der Waals surface area contributed by atoms with Gasteiger partial charge in [-0.25, -0.2) is 9.78 Å². The highest BCUT2D eigenvalue weighted by Gasteiger charge is 2.29. The molecule has 98 valence electrons. The van der Waals surface area contributed by atoms with Gasteiger partial charge in [0.1, 0.15) is 0 Å². The lowest BCUT2D eigenvalue weighted by atomic mass is 10.3. The van der Waals surface area contributed by atoms with Gasteiger partial charge in [0.2, 0.25) is 0 Å². The third kappa shape index (κ3) is 3.00. The second-order valence-corrected chi connectivity index (χ2v) is 5.80. The fourth-order valence-corrected chi connectivity index (χ4v) is 2.58. The zero-order valence-electron chi connectivity index (χ0n) is 10.2. The Labute approximate surface area is 110 Å². The number of rotatable bonds is 4. The van der Waals surface area contributed by atoms with Gasteiger partial charge < -0.3 is 9.64 Å². The van der Waals surface area contributed by atoms with Crippen molar-refractivity contribution in [1.29, 1.82) is 0 Å². The zero-order chi connectivity index (χ0) is 12.4. The van der Waals surface area contributed by atoms with E-state index in [1.807, 2.05) is 5.38 Å². The number of aromatic nitrogens is 1. The molecule has 1 atom stereocenters. The smallest absolute Gasteiger partial charge is 0.323 e. The molecule has 3 rings (SSSR count). The maximum absolute atomic E-state index is 11.9. The summed E-state index contributed by atoms with van der Waals surface area (Å²) in [6.45, 7) is 2.34. The standard InChI is InChI=1S/C12H17N3O2S/c16-12(14-11-13-4-6-18-11)15-5-3-10(7-15)17-8-9-1-2-9/h4,6,9-10H,1-3,5,7-8H2,(H,13,14,16). The summed E-state index contributed by atoms with van der Waals surface area (Å²) in [6, 6.07) is -0.0672. The van der Waals surface area contributed by atoms with Crippen LogP contribution in [0, 0.1) is 5.92 Å². The molecule has 1 aliphatic heterocycles. The molecule has 1 saturated carbocycles. The topological polar surface area (TPSA) is 54.5 Å². The average Bonchev–Trinajstić information content (AvgIpc) is 2.88. The molecular weight excluding hydrogens is 250 g/mol. The van der Waals surface area contributed by atoms with E-state index in [1.54, 1.807) is 11.1 Å². The molecule has 0 spiro atoms. The molecule has 0 aromatic carbocycles. The van der Waals surface area contributed by atoms with E-state index in [-0.39, 0.29) is 12.1 Å². The van der Waals surface area contributed by atoms with Gasteiger partial charge in [0.05, 0.1) is 6.10 Å². The Morgan fingerprint density at radius 3 is 3.17 bits per heavy atom. The molecule has 0 radical (unpaired) electrons. The number of amides is 2. The maximum atomic E-state index is 11.9. The van der Waals surface area contributed by atoms with E-state index in [9.17, 15) is 4.79 Å². The van der Waals surface area contributed by atoms with Gasteiger partial charge in [-0.1, -0.05) is 0 Å². The third-order valence-corrected chi connectivity index (χ3v) is 4.03. The number of anilines is 1. The predicted molar refractivity (Wildman–Crippen MR) is 69.8 cm³/mol. The molecule has 2 aliphatic rings. The van der Waals surface area contributed by atoms with Gasteiger partial charge in [-0.05, 0) is 25.2 Å². The van der Waals surface area contributed by atoms with Crippen LogP contribution in [0.2, 0.25) is 0 Å². The van der Waals surface area contributed by atoms with Crippen molar-refractivity contribution in [2.24, 2.45) is 5.92 Å². The molecular formula is C12H17N3O2S. The highest BCUT2D eigenvalue weighted by molar-refractivity contribution is 7.13. The molecule has 2 fully saturated rings. The minimum Gasteiger partial charge on any atom is -0.376 e. The van der Waals surface area contributed by atoms with Crippen LogP contribution in [-0.4, -0.2) is 41.7 Å². The van der Waals surface area contributed by atoms with Crippen molar-refractivity contribution in [3.63, 3.8) is 0 Å². The van der Waals surface area contributed by atoms with Crippen molar-refractivity contribution in [3.8, 4) is 0 Å². The monoisotopic (exact) mass is 267 g/mol. The van der Waals surface area contributed by atoms with Crippen LogP contribution in [0.1, 0.15) is 19.3 Å². The summed E-state index contributed by atoms with van der Waals surface area (Å²) < 4.78 is 5.81. The van der Waals surface area contributed by atoms with Crippen LogP contribution >= 0.6 is 11.3 Å². The molecule has 1 aliphatic carbocycles. The van der Waals surface area contributed by atoms with Crippen LogP contribution < -0.4 is 5.32 Å². The summed E-state index contributed by atoms with van der Waals surface area (Å²) >= 11 is 1.43. The second kappa shape index (κ2) is 5.24. The third-order valence-electron chi connectivity index (χ3n) is 3.34. The predicted octanol–water partition coefficient (Wildman–Crippen LogP) is 2.18. The molecule has 1 aromatic heterocycles. The van der Waals surface area contributed by atoms with Crippen molar-refractivity contribution in [3.05, 3.63) is 11.6 Å². The van der Waals surface area contributed by atoms with Crippen LogP contribution in [0.15, 0.2) is 11.6 Å². The number of nitrogens with one attached hydrogen (secondary N) is 1. The maximum Gasteiger partial charge on any atom is 0.323 e. The zero-order valence-corrected chi connectivity index (χ0v) is 11.0. The van der Waals surface area contributed by atoms with E-state index >= 15 is 0 Å². The van der Waals surface area contributed by atoms with Crippen LogP contribution in [0.3, 0.4) is 0 Å². The number of carbonyl (C=O) groups is 1. The number of likely N-dealkylation sites (tertiary alicyclic amines) is 1. The quantitative estimate of drug-likeness (QED) is 0.909. The number of carbonyl (C=O) groups excluding carboxylic acids is 1. The first kappa shape index (κ1) is 11.9. The van der Waals surface area contributed by atoms with Crippen LogP contribution in [0.5, 0.6) is 0 Å². The lowest BCUT2D eigenvalue weighted by Crippen LogP contribution is -2.34. The molecule has 2 amide bonds. The Kier molecular flexibility index (Phi) is 3.47. The Balaban J connectivity index is 1.44. The number of nitrogens with zero attached hydrogens (tertiary/aromatic N) is 2. The lowest BCUT2D eigenvalue weighted by Gasteiger charge is -2.16. The van der Waals surface area contributed by atoms with Crippen molar-refractivity contribution < 1.29 is 9.53 Å². The molecule has 6 heteroatoms. The number of hydrogen-bond donors (Lipinski definition) is 1. The molecule has 1 unspecified atom stereocenters. The molecule has 2 heterocycles. The van der Waals surface area contributed by atoms with Gasteiger partial charge in [0, 0.05) is 31.3 Å². The summed E-state index contributed by atoms with van der Waals surface area (Å²) in [5.74, 6) is 0.781. The van der Waals surface area contributed by atoms with E-state index in [1.165, 1.54) is 24.2 Å². The Hall–Kier alpha value is -1.14. The Bertz CT molecular complexity index is 405. The Morgan fingerprint density at radius 1 is 1.56 bits per heavy atom. The summed E-state index contributed by atoms with van der Waals surface area (Å²) in [6.07, 6.45) is 5.46. The number of urea groups is 1. The summed E-state index contributed by atoms with van der Waals surface area (Å²) in [5, 5.41) is 5.30. The van der Waals surface area contributed by atoms with Crippen LogP contribution in [0.25, 0.3) is 0 Å². The summed E-state index contributed by atoms with van der Waals surface area (Å²) in [5.41, 5.74) is 0. The van der Waals surface area contributed by atoms with Crippen LogP contribution in [0.4, 0.5) is 9.93 Å². The molecule has 5 nitrogen and oxygen atoms in total. The molecule has 18 heavy (non-hydrogen) atoms. The minimum atomic E-state index is -0.0672. The van der Waals surface area contributed by atoms with Crippen molar-refractivity contribution in [2.45, 2.75) is 25.4 Å². The van der Waals surface area contributed by atoms with E-state index in [4.69, 9.17) is 4.74 Å². The normalized spacial score (nSPS) is 23.3. The lowest BCUT2D eigenvalue weighted by molar-refractivity contribution is 0.0543. The van der Waals surface area contributed by atoms with E-state index in [2.05, 4.69) is 10.3 Å². The van der Waals surface area contributed by atoms with E-state index in [0.29, 0.717) is 11.7 Å². The highest BCUT2D eigenvalue weighted by Crippen LogP contribution is 2.30. The molecule has 1 aromatic rings.